The maximum atomic E-state index is 6.14. The quantitative estimate of drug-likeness (QED) is 0.770. The molecule has 0 aromatic carbocycles. The van der Waals surface area contributed by atoms with Crippen molar-refractivity contribution in [1.29, 1.82) is 0 Å². The van der Waals surface area contributed by atoms with Crippen molar-refractivity contribution in [3.05, 3.63) is 5.82 Å². The zero-order chi connectivity index (χ0) is 11.9. The van der Waals surface area contributed by atoms with Crippen molar-refractivity contribution in [2.24, 2.45) is 7.05 Å². The SMILES string of the molecule is CC1SCCC12OCCNC2c1nnnn1C. The number of morpholine rings is 1. The van der Waals surface area contributed by atoms with E-state index in [0.717, 1.165) is 31.1 Å². The second-order valence-corrected chi connectivity index (χ2v) is 6.06. The van der Waals surface area contributed by atoms with Crippen LogP contribution in [0.4, 0.5) is 0 Å². The number of rotatable bonds is 1. The van der Waals surface area contributed by atoms with E-state index in [4.69, 9.17) is 4.74 Å². The number of thioether (sulfide) groups is 1. The highest BCUT2D eigenvalue weighted by Crippen LogP contribution is 2.46. The maximum Gasteiger partial charge on any atom is 0.170 e. The van der Waals surface area contributed by atoms with Crippen molar-refractivity contribution in [3.63, 3.8) is 0 Å². The van der Waals surface area contributed by atoms with Crippen LogP contribution in [0, 0.1) is 0 Å². The standard InChI is InChI=1S/C10H17N5OS/c1-7-10(3-6-17-7)8(11-4-5-16-10)9-12-13-14-15(9)2/h7-8,11H,3-6H2,1-2H3. The van der Waals surface area contributed by atoms with E-state index >= 15 is 0 Å². The Hall–Kier alpha value is -0.660. The molecule has 7 heteroatoms. The third kappa shape index (κ3) is 1.68. The van der Waals surface area contributed by atoms with Gasteiger partial charge in [0.1, 0.15) is 5.60 Å². The fourth-order valence-corrected chi connectivity index (χ4v) is 4.19. The van der Waals surface area contributed by atoms with Crippen LogP contribution < -0.4 is 5.32 Å². The molecule has 0 saturated carbocycles. The third-order valence-electron chi connectivity index (χ3n) is 3.77. The highest BCUT2D eigenvalue weighted by molar-refractivity contribution is 8.00. The van der Waals surface area contributed by atoms with Crippen LogP contribution in [0.1, 0.15) is 25.2 Å². The van der Waals surface area contributed by atoms with Gasteiger partial charge in [0.05, 0.1) is 12.6 Å². The number of hydrogen-bond acceptors (Lipinski definition) is 6. The number of aryl methyl sites for hydroxylation is 1. The minimum absolute atomic E-state index is 0.0984. The first kappa shape index (κ1) is 11.4. The zero-order valence-corrected chi connectivity index (χ0v) is 10.9. The van der Waals surface area contributed by atoms with Crippen LogP contribution in [0.25, 0.3) is 0 Å². The monoisotopic (exact) mass is 255 g/mol. The lowest BCUT2D eigenvalue weighted by atomic mass is 9.86. The lowest BCUT2D eigenvalue weighted by Gasteiger charge is -2.43. The Morgan fingerprint density at radius 3 is 3.12 bits per heavy atom. The average Bonchev–Trinajstić information content (AvgIpc) is 2.89. The second kappa shape index (κ2) is 4.22. The lowest BCUT2D eigenvalue weighted by Crippen LogP contribution is -2.56. The Bertz CT molecular complexity index is 411. The van der Waals surface area contributed by atoms with Gasteiger partial charge in [-0.25, -0.2) is 4.68 Å². The molecule has 0 bridgehead atoms. The molecule has 3 atom stereocenters. The van der Waals surface area contributed by atoms with Gasteiger partial charge in [-0.05, 0) is 22.6 Å². The second-order valence-electron chi connectivity index (χ2n) is 4.61. The molecule has 0 amide bonds. The largest absolute Gasteiger partial charge is 0.370 e. The summed E-state index contributed by atoms with van der Waals surface area (Å²) < 4.78 is 7.88. The smallest absolute Gasteiger partial charge is 0.170 e. The summed E-state index contributed by atoms with van der Waals surface area (Å²) in [4.78, 5) is 0. The van der Waals surface area contributed by atoms with Gasteiger partial charge in [0.2, 0.25) is 0 Å². The summed E-state index contributed by atoms with van der Waals surface area (Å²) in [5, 5.41) is 15.8. The summed E-state index contributed by atoms with van der Waals surface area (Å²) in [6, 6.07) is 0.0984. The third-order valence-corrected chi connectivity index (χ3v) is 5.11. The predicted molar refractivity (Wildman–Crippen MR) is 64.8 cm³/mol. The highest BCUT2D eigenvalue weighted by atomic mass is 32.2. The van der Waals surface area contributed by atoms with Crippen LogP contribution in [0.15, 0.2) is 0 Å². The molecule has 0 radical (unpaired) electrons. The van der Waals surface area contributed by atoms with E-state index in [9.17, 15) is 0 Å². The Kier molecular flexibility index (Phi) is 2.84. The van der Waals surface area contributed by atoms with Crippen LogP contribution >= 0.6 is 11.8 Å². The number of ether oxygens (including phenoxy) is 1. The van der Waals surface area contributed by atoms with Gasteiger partial charge in [0.15, 0.2) is 5.82 Å². The molecule has 3 heterocycles. The van der Waals surface area contributed by atoms with Crippen molar-refractivity contribution in [3.8, 4) is 0 Å². The average molecular weight is 255 g/mol. The number of aromatic nitrogens is 4. The van der Waals surface area contributed by atoms with Gasteiger partial charge < -0.3 is 10.1 Å². The molecule has 1 aromatic rings. The molecular formula is C10H17N5OS. The maximum absolute atomic E-state index is 6.14. The van der Waals surface area contributed by atoms with Crippen LogP contribution in [0.2, 0.25) is 0 Å². The van der Waals surface area contributed by atoms with Crippen molar-refractivity contribution >= 4 is 11.8 Å². The van der Waals surface area contributed by atoms with E-state index in [1.54, 1.807) is 4.68 Å². The van der Waals surface area contributed by atoms with E-state index in [1.165, 1.54) is 0 Å². The summed E-state index contributed by atoms with van der Waals surface area (Å²) >= 11 is 1.97. The van der Waals surface area contributed by atoms with Gasteiger partial charge >= 0.3 is 0 Å². The van der Waals surface area contributed by atoms with E-state index in [2.05, 4.69) is 27.8 Å². The van der Waals surface area contributed by atoms with Gasteiger partial charge in [-0.3, -0.25) is 0 Å². The van der Waals surface area contributed by atoms with Crippen molar-refractivity contribution in [2.75, 3.05) is 18.9 Å². The fourth-order valence-electron chi connectivity index (χ4n) is 2.80. The van der Waals surface area contributed by atoms with Gasteiger partial charge in [-0.1, -0.05) is 6.92 Å². The van der Waals surface area contributed by atoms with Crippen LogP contribution in [0.5, 0.6) is 0 Å². The molecule has 1 N–H and O–H groups in total. The van der Waals surface area contributed by atoms with Gasteiger partial charge in [-0.15, -0.1) is 5.10 Å². The Balaban J connectivity index is 1.98. The lowest BCUT2D eigenvalue weighted by molar-refractivity contribution is -0.0967. The topological polar surface area (TPSA) is 64.9 Å². The molecule has 2 saturated heterocycles. The molecule has 3 rings (SSSR count). The molecule has 6 nitrogen and oxygen atoms in total. The Morgan fingerprint density at radius 2 is 2.47 bits per heavy atom. The fraction of sp³-hybridized carbons (Fsp3) is 0.900. The van der Waals surface area contributed by atoms with Gasteiger partial charge in [0, 0.05) is 18.8 Å². The predicted octanol–water partition coefficient (Wildman–Crippen LogP) is 0.135. The molecule has 2 aliphatic rings. The molecular weight excluding hydrogens is 238 g/mol. The molecule has 17 heavy (non-hydrogen) atoms. The zero-order valence-electron chi connectivity index (χ0n) is 10.1. The first-order valence-electron chi connectivity index (χ1n) is 5.95. The highest BCUT2D eigenvalue weighted by Gasteiger charge is 2.52. The van der Waals surface area contributed by atoms with E-state index in [-0.39, 0.29) is 11.6 Å². The normalized spacial score (nSPS) is 37.8. The van der Waals surface area contributed by atoms with Crippen molar-refractivity contribution < 1.29 is 4.74 Å². The van der Waals surface area contributed by atoms with Gasteiger partial charge in [0.25, 0.3) is 0 Å². The molecule has 94 valence electrons. The van der Waals surface area contributed by atoms with Crippen LogP contribution in [0.3, 0.4) is 0 Å². The first-order chi connectivity index (χ1) is 8.24. The van der Waals surface area contributed by atoms with Crippen LogP contribution in [-0.2, 0) is 11.8 Å². The molecule has 0 aliphatic carbocycles. The summed E-state index contributed by atoms with van der Waals surface area (Å²) in [6.45, 7) is 3.87. The minimum Gasteiger partial charge on any atom is -0.370 e. The van der Waals surface area contributed by atoms with Crippen LogP contribution in [-0.4, -0.2) is 50.0 Å². The van der Waals surface area contributed by atoms with Crippen molar-refractivity contribution in [1.82, 2.24) is 25.5 Å². The van der Waals surface area contributed by atoms with Crippen molar-refractivity contribution in [2.45, 2.75) is 30.2 Å². The summed E-state index contributed by atoms with van der Waals surface area (Å²) in [7, 11) is 1.88. The first-order valence-corrected chi connectivity index (χ1v) is 7.00. The number of tetrazole rings is 1. The molecule has 3 unspecified atom stereocenters. The summed E-state index contributed by atoms with van der Waals surface area (Å²) in [5.41, 5.74) is -0.147. The number of hydrogen-bond donors (Lipinski definition) is 1. The Morgan fingerprint density at radius 1 is 1.59 bits per heavy atom. The van der Waals surface area contributed by atoms with E-state index < -0.39 is 0 Å². The molecule has 1 spiro atoms. The minimum atomic E-state index is -0.147. The Labute approximate surface area is 104 Å². The number of nitrogens with one attached hydrogen (secondary N) is 1. The number of nitrogens with zero attached hydrogens (tertiary/aromatic N) is 4. The van der Waals surface area contributed by atoms with E-state index in [1.807, 2.05) is 18.8 Å². The molecule has 1 aromatic heterocycles. The molecule has 2 fully saturated rings. The van der Waals surface area contributed by atoms with Gasteiger partial charge in [-0.2, -0.15) is 11.8 Å². The summed E-state index contributed by atoms with van der Waals surface area (Å²) in [5.74, 6) is 2.02. The summed E-state index contributed by atoms with van der Waals surface area (Å²) in [6.07, 6.45) is 1.06. The van der Waals surface area contributed by atoms with E-state index in [0.29, 0.717) is 5.25 Å². The molecule has 2 aliphatic heterocycles.